The van der Waals surface area contributed by atoms with Crippen LogP contribution in [0.25, 0.3) is 10.7 Å². The number of nitrogens with zero attached hydrogens (tertiary/aromatic N) is 8. The summed E-state index contributed by atoms with van der Waals surface area (Å²) in [7, 11) is 0. The second kappa shape index (κ2) is 14.2. The van der Waals surface area contributed by atoms with Crippen LogP contribution >= 0.6 is 38.6 Å². The van der Waals surface area contributed by atoms with Crippen LogP contribution < -0.4 is 9.80 Å². The minimum absolute atomic E-state index is 0.229. The molecule has 15 heteroatoms. The monoisotopic (exact) mass is 694 g/mol. The minimum Gasteiger partial charge on any atom is -0.444 e. The van der Waals surface area contributed by atoms with E-state index in [1.54, 1.807) is 63.3 Å². The highest BCUT2D eigenvalue weighted by Gasteiger charge is 2.28. The van der Waals surface area contributed by atoms with E-state index in [2.05, 4.69) is 45.7 Å². The summed E-state index contributed by atoms with van der Waals surface area (Å²) in [5.74, 6) is 0.689. The highest BCUT2D eigenvalue weighted by atomic mass is 79.9. The molecule has 2 amide bonds. The van der Waals surface area contributed by atoms with Crippen molar-refractivity contribution >= 4 is 61.1 Å². The zero-order valence-electron chi connectivity index (χ0n) is 25.4. The van der Waals surface area contributed by atoms with Crippen LogP contribution in [0.3, 0.4) is 0 Å². The Labute approximate surface area is 269 Å². The van der Waals surface area contributed by atoms with E-state index in [0.717, 1.165) is 45.1 Å². The highest BCUT2D eigenvalue weighted by molar-refractivity contribution is 9.11. The fraction of sp³-hybridized carbons (Fsp3) is 0.571. The van der Waals surface area contributed by atoms with Crippen LogP contribution in [0.1, 0.15) is 41.5 Å². The molecule has 234 valence electrons. The summed E-state index contributed by atoms with van der Waals surface area (Å²) in [5, 5.41) is 1.93. The van der Waals surface area contributed by atoms with Crippen molar-refractivity contribution in [3.05, 3.63) is 34.6 Å². The summed E-state index contributed by atoms with van der Waals surface area (Å²) in [5.41, 5.74) is -0.900. The smallest absolute Gasteiger partial charge is 0.410 e. The van der Waals surface area contributed by atoms with E-state index in [0.29, 0.717) is 32.0 Å². The van der Waals surface area contributed by atoms with Gasteiger partial charge in [0.15, 0.2) is 16.1 Å². The lowest BCUT2D eigenvalue weighted by Gasteiger charge is -2.35. The Hall–Kier alpha value is -3.04. The molecular formula is C28H39BrN8O4S2. The molecule has 2 fully saturated rings. The first-order valence-electron chi connectivity index (χ1n) is 14.1. The maximum absolute atomic E-state index is 12.1. The molecule has 2 aliphatic heterocycles. The summed E-state index contributed by atoms with van der Waals surface area (Å²) >= 11 is 6.59. The molecule has 12 nitrogen and oxygen atoms in total. The normalized spacial score (nSPS) is 16.0. The number of carbonyl (C=O) groups excluding carboxylic acids is 2. The molecule has 3 aromatic rings. The molecule has 0 bridgehead atoms. The van der Waals surface area contributed by atoms with Gasteiger partial charge in [-0.05, 0) is 63.5 Å². The average Bonchev–Trinajstić information content (AvgIpc) is 3.62. The summed E-state index contributed by atoms with van der Waals surface area (Å²) in [6.45, 7) is 17.0. The number of aromatic nitrogens is 4. The van der Waals surface area contributed by atoms with Gasteiger partial charge < -0.3 is 29.1 Å². The summed E-state index contributed by atoms with van der Waals surface area (Å²) < 4.78 is 11.8. The molecule has 0 saturated carbocycles. The number of piperazine rings is 2. The lowest BCUT2D eigenvalue weighted by molar-refractivity contribution is 0.0230. The quantitative estimate of drug-likeness (QED) is 0.342. The van der Waals surface area contributed by atoms with Crippen molar-refractivity contribution in [3.63, 3.8) is 0 Å². The lowest BCUT2D eigenvalue weighted by atomic mass is 10.2. The van der Waals surface area contributed by atoms with Gasteiger partial charge in [-0.15, -0.1) is 0 Å². The average molecular weight is 696 g/mol. The molecule has 3 aromatic heterocycles. The number of carbonyl (C=O) groups is 2. The fourth-order valence-electron chi connectivity index (χ4n) is 4.15. The maximum atomic E-state index is 12.1. The number of hydrogen-bond acceptors (Lipinski definition) is 12. The predicted octanol–water partition coefficient (Wildman–Crippen LogP) is 5.62. The van der Waals surface area contributed by atoms with Gasteiger partial charge in [0.2, 0.25) is 0 Å². The van der Waals surface area contributed by atoms with Gasteiger partial charge in [-0.2, -0.15) is 0 Å². The predicted molar refractivity (Wildman–Crippen MR) is 173 cm³/mol. The zero-order valence-corrected chi connectivity index (χ0v) is 28.7. The summed E-state index contributed by atoms with van der Waals surface area (Å²) in [6, 6.07) is 1.79. The third kappa shape index (κ3) is 10.00. The Kier molecular flexibility index (Phi) is 10.8. The van der Waals surface area contributed by atoms with Gasteiger partial charge in [-0.3, -0.25) is 0 Å². The van der Waals surface area contributed by atoms with Crippen molar-refractivity contribution in [2.45, 2.75) is 52.7 Å². The molecule has 5 heterocycles. The maximum Gasteiger partial charge on any atom is 0.410 e. The van der Waals surface area contributed by atoms with E-state index in [-0.39, 0.29) is 12.2 Å². The van der Waals surface area contributed by atoms with Gasteiger partial charge >= 0.3 is 12.2 Å². The molecular weight excluding hydrogens is 656 g/mol. The third-order valence-electron chi connectivity index (χ3n) is 6.15. The van der Waals surface area contributed by atoms with Crippen LogP contribution in [0.15, 0.2) is 34.6 Å². The van der Waals surface area contributed by atoms with Gasteiger partial charge in [0.1, 0.15) is 11.2 Å². The number of rotatable bonds is 3. The van der Waals surface area contributed by atoms with Crippen molar-refractivity contribution in [1.29, 1.82) is 0 Å². The van der Waals surface area contributed by atoms with Gasteiger partial charge in [0.25, 0.3) is 0 Å². The molecule has 0 unspecified atom stereocenters. The summed E-state index contributed by atoms with van der Waals surface area (Å²) in [4.78, 5) is 50.1. The second-order valence-corrected chi connectivity index (χ2v) is 15.3. The second-order valence-electron chi connectivity index (χ2n) is 11.9. The Morgan fingerprint density at radius 1 is 0.698 bits per heavy atom. The number of anilines is 2. The number of ether oxygens (including phenoxy) is 2. The first-order valence-corrected chi connectivity index (χ1v) is 16.5. The molecule has 43 heavy (non-hydrogen) atoms. The van der Waals surface area contributed by atoms with E-state index in [1.165, 1.54) is 0 Å². The Balaban J connectivity index is 0.000000203. The first-order chi connectivity index (χ1) is 20.3. The standard InChI is InChI=1S/C16H21N5O2S.C12H18BrN3O2S/c1-16(2,3)23-15(22)21-9-7-20(8-10-21)14-19-11-12(24-14)13-17-5-4-6-18-13;1-12(2,3)18-11(17)16-6-4-15(5-7-16)10-14-8-9(13)19-10/h4-6,11H,7-10H2,1-3H3;8H,4-7H2,1-3H3. The number of halogens is 1. The van der Waals surface area contributed by atoms with Crippen LogP contribution in [0.2, 0.25) is 0 Å². The molecule has 0 radical (unpaired) electrons. The van der Waals surface area contributed by atoms with Gasteiger partial charge in [-0.25, -0.2) is 29.5 Å². The van der Waals surface area contributed by atoms with Crippen molar-refractivity contribution in [2.24, 2.45) is 0 Å². The molecule has 5 rings (SSSR count). The van der Waals surface area contributed by atoms with Gasteiger partial charge in [-0.1, -0.05) is 22.7 Å². The third-order valence-corrected chi connectivity index (χ3v) is 8.74. The van der Waals surface area contributed by atoms with Crippen molar-refractivity contribution in [2.75, 3.05) is 62.2 Å². The van der Waals surface area contributed by atoms with Crippen molar-refractivity contribution < 1.29 is 19.1 Å². The number of amides is 2. The van der Waals surface area contributed by atoms with Crippen LogP contribution in [0, 0.1) is 0 Å². The Bertz CT molecular complexity index is 1340. The number of thiazole rings is 2. The van der Waals surface area contributed by atoms with Crippen LogP contribution in [-0.2, 0) is 9.47 Å². The number of hydrogen-bond donors (Lipinski definition) is 0. The Morgan fingerprint density at radius 2 is 1.14 bits per heavy atom. The molecule has 0 spiro atoms. The zero-order chi connectivity index (χ0) is 31.2. The highest BCUT2D eigenvalue weighted by Crippen LogP contribution is 2.30. The Morgan fingerprint density at radius 3 is 1.56 bits per heavy atom. The SMILES string of the molecule is CC(C)(C)OC(=O)N1CCN(c2ncc(-c3ncccn3)s2)CC1.CC(C)(C)OC(=O)N1CCN(c2ncc(Br)s2)CC1. The summed E-state index contributed by atoms with van der Waals surface area (Å²) in [6.07, 6.45) is 6.57. The molecule has 2 aliphatic rings. The van der Waals surface area contributed by atoms with Crippen LogP contribution in [0.5, 0.6) is 0 Å². The van der Waals surface area contributed by atoms with E-state index < -0.39 is 11.2 Å². The molecule has 2 saturated heterocycles. The molecule has 0 N–H and O–H groups in total. The van der Waals surface area contributed by atoms with E-state index >= 15 is 0 Å². The topological polar surface area (TPSA) is 117 Å². The van der Waals surface area contributed by atoms with Crippen LogP contribution in [0.4, 0.5) is 19.9 Å². The lowest BCUT2D eigenvalue weighted by Crippen LogP contribution is -2.50. The molecule has 0 atom stereocenters. The van der Waals surface area contributed by atoms with E-state index in [9.17, 15) is 9.59 Å². The van der Waals surface area contributed by atoms with Crippen LogP contribution in [-0.4, -0.2) is 105 Å². The van der Waals surface area contributed by atoms with E-state index in [1.807, 2.05) is 41.5 Å². The first kappa shape index (κ1) is 32.9. The largest absolute Gasteiger partial charge is 0.444 e. The van der Waals surface area contributed by atoms with Gasteiger partial charge in [0, 0.05) is 64.8 Å². The van der Waals surface area contributed by atoms with E-state index in [4.69, 9.17) is 9.47 Å². The molecule has 0 aromatic carbocycles. The minimum atomic E-state index is -0.464. The van der Waals surface area contributed by atoms with Crippen molar-refractivity contribution in [3.8, 4) is 10.7 Å². The fourth-order valence-corrected chi connectivity index (χ4v) is 6.30. The molecule has 0 aliphatic carbocycles. The van der Waals surface area contributed by atoms with Crippen molar-refractivity contribution in [1.82, 2.24) is 29.7 Å². The van der Waals surface area contributed by atoms with Gasteiger partial charge in [0.05, 0.1) is 21.1 Å².